The van der Waals surface area contributed by atoms with Crippen molar-refractivity contribution in [2.75, 3.05) is 17.3 Å². The van der Waals surface area contributed by atoms with Gasteiger partial charge < -0.3 is 14.4 Å². The van der Waals surface area contributed by atoms with Gasteiger partial charge in [-0.3, -0.25) is 4.79 Å². The molecule has 7 heteroatoms. The van der Waals surface area contributed by atoms with E-state index in [0.717, 1.165) is 0 Å². The zero-order valence-corrected chi connectivity index (χ0v) is 17.6. The Balaban J connectivity index is 1.92. The summed E-state index contributed by atoms with van der Waals surface area (Å²) in [5, 5.41) is 1.17. The van der Waals surface area contributed by atoms with E-state index in [2.05, 4.69) is 0 Å². The zero-order chi connectivity index (χ0) is 21.0. The van der Waals surface area contributed by atoms with Crippen LogP contribution in [0.4, 0.5) is 5.69 Å². The fourth-order valence-electron chi connectivity index (χ4n) is 3.14. The van der Waals surface area contributed by atoms with Gasteiger partial charge in [0.2, 0.25) is 0 Å². The number of carbonyl (C=O) groups is 1. The van der Waals surface area contributed by atoms with Crippen molar-refractivity contribution in [3.8, 4) is 11.5 Å². The average molecular weight is 416 g/mol. The molecule has 154 valence electrons. The summed E-state index contributed by atoms with van der Waals surface area (Å²) < 4.78 is 35.0. The second-order valence-corrected chi connectivity index (χ2v) is 8.95. The number of amides is 1. The van der Waals surface area contributed by atoms with Crippen LogP contribution >= 0.6 is 0 Å². The summed E-state index contributed by atoms with van der Waals surface area (Å²) in [5.74, 6) is 0.943. The molecule has 0 fully saturated rings. The Morgan fingerprint density at radius 1 is 1.07 bits per heavy atom. The highest BCUT2D eigenvalue weighted by atomic mass is 32.2. The Morgan fingerprint density at radius 2 is 1.69 bits per heavy atom. The monoisotopic (exact) mass is 415 g/mol. The third-order valence-corrected chi connectivity index (χ3v) is 5.74. The minimum absolute atomic E-state index is 0.0331. The van der Waals surface area contributed by atoms with E-state index < -0.39 is 15.9 Å². The van der Waals surface area contributed by atoms with E-state index in [-0.39, 0.29) is 17.8 Å². The number of hydrogen-bond acceptors (Lipinski definition) is 5. The van der Waals surface area contributed by atoms with Crippen LogP contribution in [-0.4, -0.2) is 38.8 Å². The lowest BCUT2D eigenvalue weighted by molar-refractivity contribution is 0.0983. The number of rotatable bonds is 7. The molecule has 0 aliphatic carbocycles. The van der Waals surface area contributed by atoms with Gasteiger partial charge in [-0.2, -0.15) is 0 Å². The molecule has 0 saturated heterocycles. The first-order valence-electron chi connectivity index (χ1n) is 9.53. The van der Waals surface area contributed by atoms with Crippen LogP contribution in [0.2, 0.25) is 0 Å². The number of ether oxygens (including phenoxy) is 2. The van der Waals surface area contributed by atoms with Crippen LogP contribution in [0.25, 0.3) is 0 Å². The van der Waals surface area contributed by atoms with Crippen LogP contribution in [0.15, 0.2) is 60.0 Å². The van der Waals surface area contributed by atoms with Crippen LogP contribution in [0.1, 0.15) is 31.1 Å². The van der Waals surface area contributed by atoms with Crippen molar-refractivity contribution in [3.63, 3.8) is 0 Å². The Morgan fingerprint density at radius 3 is 2.21 bits per heavy atom. The van der Waals surface area contributed by atoms with E-state index in [9.17, 15) is 13.2 Å². The van der Waals surface area contributed by atoms with Gasteiger partial charge in [-0.05, 0) is 75.4 Å². The fourth-order valence-corrected chi connectivity index (χ4v) is 4.40. The highest BCUT2D eigenvalue weighted by Gasteiger charge is 2.32. The van der Waals surface area contributed by atoms with Crippen molar-refractivity contribution >= 4 is 21.4 Å². The molecule has 1 heterocycles. The predicted molar refractivity (Wildman–Crippen MR) is 113 cm³/mol. The first-order valence-corrected chi connectivity index (χ1v) is 11.2. The summed E-state index contributed by atoms with van der Waals surface area (Å²) in [4.78, 5) is 14.8. The number of benzene rings is 2. The molecule has 1 amide bonds. The van der Waals surface area contributed by atoms with Gasteiger partial charge in [-0.1, -0.05) is 0 Å². The van der Waals surface area contributed by atoms with Crippen LogP contribution in [-0.2, 0) is 9.84 Å². The maximum Gasteiger partial charge on any atom is 0.258 e. The van der Waals surface area contributed by atoms with Gasteiger partial charge in [0.25, 0.3) is 5.91 Å². The quantitative estimate of drug-likeness (QED) is 0.687. The minimum atomic E-state index is -3.32. The van der Waals surface area contributed by atoms with E-state index in [4.69, 9.17) is 9.47 Å². The van der Waals surface area contributed by atoms with Crippen LogP contribution in [0, 0.1) is 0 Å². The maximum absolute atomic E-state index is 13.3. The molecule has 2 aromatic carbocycles. The molecule has 29 heavy (non-hydrogen) atoms. The maximum atomic E-state index is 13.3. The number of sulfone groups is 1. The molecule has 0 saturated carbocycles. The van der Waals surface area contributed by atoms with Crippen LogP contribution in [0.3, 0.4) is 0 Å². The minimum Gasteiger partial charge on any atom is -0.494 e. The van der Waals surface area contributed by atoms with E-state index in [1.807, 2.05) is 20.8 Å². The molecule has 0 radical (unpaired) electrons. The molecule has 3 rings (SSSR count). The van der Waals surface area contributed by atoms with E-state index in [0.29, 0.717) is 29.4 Å². The number of carbonyl (C=O) groups excluding carboxylic acids is 1. The van der Waals surface area contributed by atoms with E-state index in [1.165, 1.54) is 10.3 Å². The van der Waals surface area contributed by atoms with Gasteiger partial charge in [0.15, 0.2) is 9.84 Å². The van der Waals surface area contributed by atoms with Crippen molar-refractivity contribution in [1.82, 2.24) is 0 Å². The smallest absolute Gasteiger partial charge is 0.258 e. The highest BCUT2D eigenvalue weighted by molar-refractivity contribution is 7.94. The summed E-state index contributed by atoms with van der Waals surface area (Å²) >= 11 is 0. The van der Waals surface area contributed by atoms with Gasteiger partial charge in [0, 0.05) is 16.7 Å². The van der Waals surface area contributed by atoms with Gasteiger partial charge in [-0.25, -0.2) is 8.42 Å². The molecule has 0 aromatic heterocycles. The third kappa shape index (κ3) is 5.17. The van der Waals surface area contributed by atoms with E-state index >= 15 is 0 Å². The first kappa shape index (κ1) is 20.9. The van der Waals surface area contributed by atoms with Crippen molar-refractivity contribution < 1.29 is 22.7 Å². The molecule has 6 nitrogen and oxygen atoms in total. The number of hydrogen-bond donors (Lipinski definition) is 0. The number of anilines is 1. The lowest BCUT2D eigenvalue weighted by atomic mass is 10.1. The van der Waals surface area contributed by atoms with Gasteiger partial charge in [0.05, 0.1) is 24.5 Å². The highest BCUT2D eigenvalue weighted by Crippen LogP contribution is 2.27. The first-order chi connectivity index (χ1) is 13.8. The molecule has 0 spiro atoms. The molecular weight excluding hydrogens is 390 g/mol. The summed E-state index contributed by atoms with van der Waals surface area (Å²) in [5.41, 5.74) is 1.06. The lowest BCUT2D eigenvalue weighted by Crippen LogP contribution is -2.41. The van der Waals surface area contributed by atoms with Crippen molar-refractivity contribution in [2.24, 2.45) is 0 Å². The van der Waals surface area contributed by atoms with Crippen molar-refractivity contribution in [3.05, 3.63) is 65.6 Å². The summed E-state index contributed by atoms with van der Waals surface area (Å²) in [6, 6.07) is 13.4. The zero-order valence-electron chi connectivity index (χ0n) is 16.7. The second-order valence-electron chi connectivity index (χ2n) is 7.02. The average Bonchev–Trinajstić information content (AvgIpc) is 3.03. The lowest BCUT2D eigenvalue weighted by Gasteiger charge is -2.28. The second kappa shape index (κ2) is 8.69. The Kier molecular flexibility index (Phi) is 6.27. The summed E-state index contributed by atoms with van der Waals surface area (Å²) in [7, 11) is -3.32. The summed E-state index contributed by atoms with van der Waals surface area (Å²) in [6.45, 7) is 6.29. The van der Waals surface area contributed by atoms with E-state index in [1.54, 1.807) is 54.6 Å². The van der Waals surface area contributed by atoms with Gasteiger partial charge >= 0.3 is 0 Å². The molecule has 1 aliphatic heterocycles. The molecule has 1 unspecified atom stereocenters. The Labute approximate surface area is 171 Å². The topological polar surface area (TPSA) is 72.9 Å². The molecule has 0 N–H and O–H groups in total. The summed E-state index contributed by atoms with van der Waals surface area (Å²) in [6.07, 6.45) is 1.59. The van der Waals surface area contributed by atoms with Gasteiger partial charge in [0.1, 0.15) is 11.5 Å². The van der Waals surface area contributed by atoms with Crippen LogP contribution in [0.5, 0.6) is 11.5 Å². The van der Waals surface area contributed by atoms with Gasteiger partial charge in [-0.15, -0.1) is 0 Å². The normalized spacial score (nSPS) is 17.3. The molecular formula is C22H25NO5S. The molecule has 2 aromatic rings. The largest absolute Gasteiger partial charge is 0.494 e. The molecule has 0 bridgehead atoms. The van der Waals surface area contributed by atoms with Crippen molar-refractivity contribution in [2.45, 2.75) is 32.9 Å². The molecule has 1 atom stereocenters. The standard InChI is InChI=1S/C22H25NO5S/c1-4-27-20-11-7-18(8-12-20)23(19-13-14-29(25,26)15-19)22(24)17-5-9-21(10-6-17)28-16(2)3/h5-14,16,19H,4,15H2,1-3H3. The Hall–Kier alpha value is -2.80. The SMILES string of the molecule is CCOc1ccc(N(C(=O)c2ccc(OC(C)C)cc2)C2C=CS(=O)(=O)C2)cc1. The predicted octanol–water partition coefficient (Wildman–Crippen LogP) is 3.83. The number of nitrogens with zero attached hydrogens (tertiary/aromatic N) is 1. The van der Waals surface area contributed by atoms with Crippen LogP contribution < -0.4 is 14.4 Å². The fraction of sp³-hybridized carbons (Fsp3) is 0.318. The third-order valence-electron chi connectivity index (χ3n) is 4.36. The van der Waals surface area contributed by atoms with Crippen molar-refractivity contribution in [1.29, 1.82) is 0 Å². The molecule has 1 aliphatic rings. The Bertz CT molecular complexity index is 979.